The lowest BCUT2D eigenvalue weighted by Gasteiger charge is -2.26. The largest absolute Gasteiger partial charge is 0.333 e. The number of fused-ring (bicyclic) bond motifs is 1. The second-order valence-corrected chi connectivity index (χ2v) is 6.55. The minimum Gasteiger partial charge on any atom is -0.333 e. The molecule has 2 aromatic rings. The predicted octanol–water partition coefficient (Wildman–Crippen LogP) is 2.46. The smallest absolute Gasteiger partial charge is 0.122 e. The van der Waals surface area contributed by atoms with Crippen LogP contribution in [0.4, 0.5) is 0 Å². The number of nitrogens with one attached hydrogen (secondary N) is 1. The molecule has 5 heteroatoms. The normalized spacial score (nSPS) is 15.4. The van der Waals surface area contributed by atoms with Gasteiger partial charge in [0.05, 0.1) is 6.54 Å². The van der Waals surface area contributed by atoms with Crippen LogP contribution in [0.15, 0.2) is 24.5 Å². The van der Waals surface area contributed by atoms with Crippen molar-refractivity contribution in [2.24, 2.45) is 0 Å². The summed E-state index contributed by atoms with van der Waals surface area (Å²) in [5.41, 5.74) is 0. The van der Waals surface area contributed by atoms with Gasteiger partial charge in [-0.3, -0.25) is 4.90 Å². The van der Waals surface area contributed by atoms with Crippen LogP contribution in [0, 0.1) is 0 Å². The van der Waals surface area contributed by atoms with Crippen LogP contribution in [0.1, 0.15) is 28.9 Å². The van der Waals surface area contributed by atoms with E-state index in [4.69, 9.17) is 0 Å². The van der Waals surface area contributed by atoms with E-state index < -0.39 is 0 Å². The Hall–Kier alpha value is -1.17. The van der Waals surface area contributed by atoms with Crippen molar-refractivity contribution in [1.82, 2.24) is 19.8 Å². The van der Waals surface area contributed by atoms with E-state index in [1.807, 2.05) is 17.5 Å². The molecule has 1 aliphatic rings. The van der Waals surface area contributed by atoms with Crippen molar-refractivity contribution >= 4 is 11.3 Å². The molecule has 0 radical (unpaired) electrons. The van der Waals surface area contributed by atoms with Crippen LogP contribution in [0.25, 0.3) is 0 Å². The molecule has 2 aromatic heterocycles. The predicted molar refractivity (Wildman–Crippen MR) is 82.7 cm³/mol. The van der Waals surface area contributed by atoms with E-state index in [0.29, 0.717) is 0 Å². The number of imidazole rings is 1. The average Bonchev–Trinajstić information content (AvgIpc) is 3.08. The highest BCUT2D eigenvalue weighted by Gasteiger charge is 2.17. The van der Waals surface area contributed by atoms with Gasteiger partial charge in [-0.05, 0) is 25.1 Å². The molecule has 0 saturated carbocycles. The molecule has 0 aliphatic carbocycles. The van der Waals surface area contributed by atoms with Crippen LogP contribution in [0.3, 0.4) is 0 Å². The summed E-state index contributed by atoms with van der Waals surface area (Å²) in [6, 6.07) is 4.53. The molecule has 20 heavy (non-hydrogen) atoms. The van der Waals surface area contributed by atoms with Gasteiger partial charge in [0.25, 0.3) is 0 Å². The first-order valence-corrected chi connectivity index (χ1v) is 8.17. The van der Waals surface area contributed by atoms with E-state index in [1.54, 1.807) is 0 Å². The Morgan fingerprint density at radius 1 is 1.30 bits per heavy atom. The summed E-state index contributed by atoms with van der Waals surface area (Å²) < 4.78 is 2.25. The van der Waals surface area contributed by atoms with Gasteiger partial charge < -0.3 is 9.88 Å². The molecule has 1 N–H and O–H groups in total. The molecule has 108 valence electrons. The molecule has 0 fully saturated rings. The van der Waals surface area contributed by atoms with Crippen LogP contribution in [-0.2, 0) is 26.2 Å². The van der Waals surface area contributed by atoms with Crippen molar-refractivity contribution < 1.29 is 0 Å². The number of thiophene rings is 1. The number of hydrogen-bond acceptors (Lipinski definition) is 4. The molecule has 4 nitrogen and oxygen atoms in total. The van der Waals surface area contributed by atoms with Gasteiger partial charge in [-0.15, -0.1) is 11.3 Å². The second-order valence-electron chi connectivity index (χ2n) is 5.29. The van der Waals surface area contributed by atoms with Gasteiger partial charge >= 0.3 is 0 Å². The first-order valence-electron chi connectivity index (χ1n) is 7.36. The van der Waals surface area contributed by atoms with Crippen molar-refractivity contribution in [3.63, 3.8) is 0 Å². The highest BCUT2D eigenvalue weighted by Crippen LogP contribution is 2.20. The van der Waals surface area contributed by atoms with Gasteiger partial charge in [-0.2, -0.15) is 0 Å². The lowest BCUT2D eigenvalue weighted by molar-refractivity contribution is 0.210. The molecule has 0 spiro atoms. The summed E-state index contributed by atoms with van der Waals surface area (Å²) in [6.07, 6.45) is 5.18. The van der Waals surface area contributed by atoms with Crippen LogP contribution in [0.2, 0.25) is 0 Å². The van der Waals surface area contributed by atoms with E-state index in [1.165, 1.54) is 22.0 Å². The van der Waals surface area contributed by atoms with Crippen LogP contribution in [0.5, 0.6) is 0 Å². The topological polar surface area (TPSA) is 33.1 Å². The number of nitrogens with zero attached hydrogens (tertiary/aromatic N) is 3. The molecule has 0 amide bonds. The Morgan fingerprint density at radius 2 is 2.20 bits per heavy atom. The molecule has 0 atom stereocenters. The van der Waals surface area contributed by atoms with Gasteiger partial charge in [0.1, 0.15) is 5.82 Å². The van der Waals surface area contributed by atoms with E-state index >= 15 is 0 Å². The fourth-order valence-corrected chi connectivity index (χ4v) is 3.60. The Balaban J connectivity index is 1.54. The molecule has 0 saturated heterocycles. The SMILES string of the molecule is CCCNCc1ccc(CN2CCn3ccnc3C2)s1. The van der Waals surface area contributed by atoms with Gasteiger partial charge in [-0.25, -0.2) is 4.98 Å². The van der Waals surface area contributed by atoms with Crippen molar-refractivity contribution in [3.05, 3.63) is 40.1 Å². The standard InChI is InChI=1S/C15H22N4S/c1-2-5-16-10-13-3-4-14(20-13)11-18-8-9-19-7-6-17-15(19)12-18/h3-4,6-7,16H,2,5,8-12H2,1H3. The number of aromatic nitrogens is 2. The first kappa shape index (κ1) is 13.8. The molecule has 0 unspecified atom stereocenters. The summed E-state index contributed by atoms with van der Waals surface area (Å²) in [7, 11) is 0. The molecular weight excluding hydrogens is 268 g/mol. The lowest BCUT2D eigenvalue weighted by Crippen LogP contribution is -2.32. The van der Waals surface area contributed by atoms with Crippen LogP contribution in [-0.4, -0.2) is 27.5 Å². The average molecular weight is 290 g/mol. The molecule has 0 bridgehead atoms. The summed E-state index contributed by atoms with van der Waals surface area (Å²) in [5, 5.41) is 3.46. The van der Waals surface area contributed by atoms with Gasteiger partial charge in [0, 0.05) is 48.3 Å². The maximum absolute atomic E-state index is 4.42. The van der Waals surface area contributed by atoms with E-state index in [9.17, 15) is 0 Å². The molecule has 3 rings (SSSR count). The minimum atomic E-state index is 0.967. The lowest BCUT2D eigenvalue weighted by atomic mass is 10.3. The fraction of sp³-hybridized carbons (Fsp3) is 0.533. The van der Waals surface area contributed by atoms with E-state index in [-0.39, 0.29) is 0 Å². The monoisotopic (exact) mass is 290 g/mol. The van der Waals surface area contributed by atoms with Crippen molar-refractivity contribution in [3.8, 4) is 0 Å². The molecule has 3 heterocycles. The zero-order chi connectivity index (χ0) is 13.8. The quantitative estimate of drug-likeness (QED) is 0.830. The third-order valence-corrected chi connectivity index (χ3v) is 4.72. The van der Waals surface area contributed by atoms with Crippen molar-refractivity contribution in [1.29, 1.82) is 0 Å². The Bertz CT molecular complexity index is 546. The van der Waals surface area contributed by atoms with Crippen LogP contribution < -0.4 is 5.32 Å². The molecule has 1 aliphatic heterocycles. The van der Waals surface area contributed by atoms with Gasteiger partial charge in [-0.1, -0.05) is 6.92 Å². The van der Waals surface area contributed by atoms with Gasteiger partial charge in [0.15, 0.2) is 0 Å². The summed E-state index contributed by atoms with van der Waals surface area (Å²) >= 11 is 1.93. The number of hydrogen-bond donors (Lipinski definition) is 1. The Kier molecular flexibility index (Phi) is 4.50. The molecule has 0 aromatic carbocycles. The van der Waals surface area contributed by atoms with E-state index in [2.05, 4.69) is 45.0 Å². The Morgan fingerprint density at radius 3 is 3.10 bits per heavy atom. The third kappa shape index (κ3) is 3.29. The zero-order valence-corrected chi connectivity index (χ0v) is 12.8. The Labute approximate surface area is 124 Å². The maximum Gasteiger partial charge on any atom is 0.122 e. The molecular formula is C15H22N4S. The minimum absolute atomic E-state index is 0.967. The number of rotatable bonds is 6. The zero-order valence-electron chi connectivity index (χ0n) is 12.0. The van der Waals surface area contributed by atoms with Crippen LogP contribution >= 0.6 is 11.3 Å². The van der Waals surface area contributed by atoms with Crippen molar-refractivity contribution in [2.75, 3.05) is 13.1 Å². The fourth-order valence-electron chi connectivity index (χ4n) is 2.57. The highest BCUT2D eigenvalue weighted by atomic mass is 32.1. The van der Waals surface area contributed by atoms with Crippen molar-refractivity contribution in [2.45, 2.75) is 39.5 Å². The van der Waals surface area contributed by atoms with E-state index in [0.717, 1.165) is 39.3 Å². The summed E-state index contributed by atoms with van der Waals surface area (Å²) in [6.45, 7) is 8.49. The third-order valence-electron chi connectivity index (χ3n) is 3.65. The second kappa shape index (κ2) is 6.52. The first-order chi connectivity index (χ1) is 9.85. The summed E-state index contributed by atoms with van der Waals surface area (Å²) in [5.74, 6) is 1.19. The van der Waals surface area contributed by atoms with Gasteiger partial charge in [0.2, 0.25) is 0 Å². The summed E-state index contributed by atoms with van der Waals surface area (Å²) in [4.78, 5) is 9.80. The highest BCUT2D eigenvalue weighted by molar-refractivity contribution is 7.11. The maximum atomic E-state index is 4.42.